The van der Waals surface area contributed by atoms with Crippen molar-refractivity contribution >= 4 is 61.9 Å². The third kappa shape index (κ3) is 4.66. The molecule has 2 aromatic heterocycles. The van der Waals surface area contributed by atoms with Crippen LogP contribution in [0.25, 0.3) is 10.2 Å². The summed E-state index contributed by atoms with van der Waals surface area (Å²) in [5.41, 5.74) is 1.46. The molecular weight excluding hydrogens is 492 g/mol. The molecule has 1 aliphatic heterocycles. The van der Waals surface area contributed by atoms with Gasteiger partial charge in [-0.25, -0.2) is 4.98 Å². The molecule has 0 bridgehead atoms. The Morgan fingerprint density at radius 3 is 2.76 bits per heavy atom. The number of thiazole rings is 1. The molecule has 1 unspecified atom stereocenters. The van der Waals surface area contributed by atoms with Crippen molar-refractivity contribution in [3.8, 4) is 0 Å². The van der Waals surface area contributed by atoms with Gasteiger partial charge in [0, 0.05) is 24.2 Å². The van der Waals surface area contributed by atoms with Crippen molar-refractivity contribution in [3.63, 3.8) is 0 Å². The molecule has 0 radical (unpaired) electrons. The summed E-state index contributed by atoms with van der Waals surface area (Å²) in [6.45, 7) is 0.659. The van der Waals surface area contributed by atoms with E-state index < -0.39 is 0 Å². The van der Waals surface area contributed by atoms with E-state index in [1.54, 1.807) is 24.3 Å². The number of nitrogens with zero attached hydrogens (tertiary/aromatic N) is 5. The largest absolute Gasteiger partial charge is 0.328 e. The Balaban J connectivity index is 1.24. The molecule has 8 nitrogen and oxygen atoms in total. The molecule has 11 heteroatoms. The molecule has 34 heavy (non-hydrogen) atoms. The normalized spacial score (nSPS) is 15.7. The quantitative estimate of drug-likeness (QED) is 0.373. The van der Waals surface area contributed by atoms with Crippen LogP contribution in [0.15, 0.2) is 53.7 Å². The fourth-order valence-electron chi connectivity index (χ4n) is 3.99. The van der Waals surface area contributed by atoms with Crippen molar-refractivity contribution in [1.82, 2.24) is 24.6 Å². The first kappa shape index (κ1) is 22.8. The van der Waals surface area contributed by atoms with E-state index >= 15 is 0 Å². The van der Waals surface area contributed by atoms with E-state index in [1.165, 1.54) is 23.1 Å². The zero-order chi connectivity index (χ0) is 23.7. The van der Waals surface area contributed by atoms with Gasteiger partial charge in [-0.2, -0.15) is 0 Å². The van der Waals surface area contributed by atoms with Crippen molar-refractivity contribution in [2.24, 2.45) is 7.05 Å². The second kappa shape index (κ2) is 9.73. The van der Waals surface area contributed by atoms with Crippen LogP contribution < -0.4 is 5.32 Å². The predicted octanol–water partition coefficient (Wildman–Crippen LogP) is 4.79. The molecule has 3 heterocycles. The highest BCUT2D eigenvalue weighted by molar-refractivity contribution is 7.99. The van der Waals surface area contributed by atoms with E-state index in [2.05, 4.69) is 20.5 Å². The van der Waals surface area contributed by atoms with Gasteiger partial charge in [0.2, 0.25) is 5.91 Å². The monoisotopic (exact) mass is 512 g/mol. The molecular formula is C23H21ClN6O2S2. The lowest BCUT2D eigenvalue weighted by atomic mass is 10.1. The molecule has 0 spiro atoms. The number of thioether (sulfide) groups is 1. The first-order valence-electron chi connectivity index (χ1n) is 10.7. The number of nitrogens with one attached hydrogen (secondary N) is 1. The number of aromatic nitrogens is 4. The maximum atomic E-state index is 13.1. The van der Waals surface area contributed by atoms with Gasteiger partial charge < -0.3 is 14.8 Å². The fraction of sp³-hybridized carbons (Fsp3) is 0.261. The smallest absolute Gasteiger partial charge is 0.254 e. The minimum absolute atomic E-state index is 0.0495. The molecule has 2 aromatic carbocycles. The highest BCUT2D eigenvalue weighted by Gasteiger charge is 2.34. The molecule has 2 amide bonds. The molecule has 1 N–H and O–H groups in total. The third-order valence-electron chi connectivity index (χ3n) is 5.64. The van der Waals surface area contributed by atoms with Crippen LogP contribution in [0, 0.1) is 0 Å². The number of fused-ring (bicyclic) bond motifs is 1. The second-order valence-corrected chi connectivity index (χ2v) is 10.3. The topological polar surface area (TPSA) is 93.0 Å². The molecule has 1 saturated heterocycles. The Bertz CT molecular complexity index is 1320. The summed E-state index contributed by atoms with van der Waals surface area (Å²) >= 11 is 8.71. The molecule has 1 atom stereocenters. The van der Waals surface area contributed by atoms with Crippen molar-refractivity contribution in [3.05, 3.63) is 64.9 Å². The van der Waals surface area contributed by atoms with Gasteiger partial charge in [0.05, 0.1) is 22.0 Å². The summed E-state index contributed by atoms with van der Waals surface area (Å²) in [7, 11) is 1.87. The molecule has 0 aliphatic carbocycles. The highest BCUT2D eigenvalue weighted by Crippen LogP contribution is 2.33. The number of hydrogen-bond donors (Lipinski definition) is 1. The number of para-hydroxylation sites is 1. The van der Waals surface area contributed by atoms with Gasteiger partial charge >= 0.3 is 0 Å². The number of halogens is 1. The van der Waals surface area contributed by atoms with Crippen LogP contribution in [0.5, 0.6) is 0 Å². The summed E-state index contributed by atoms with van der Waals surface area (Å²) < 4.78 is 2.89. The van der Waals surface area contributed by atoms with Gasteiger partial charge in [0.25, 0.3) is 5.91 Å². The Morgan fingerprint density at radius 2 is 1.97 bits per heavy atom. The Kier molecular flexibility index (Phi) is 6.53. The van der Waals surface area contributed by atoms with Crippen molar-refractivity contribution in [1.29, 1.82) is 0 Å². The zero-order valence-corrected chi connectivity index (χ0v) is 20.7. The summed E-state index contributed by atoms with van der Waals surface area (Å²) in [6.07, 6.45) is 1.71. The molecule has 4 aromatic rings. The Morgan fingerprint density at radius 1 is 1.18 bits per heavy atom. The van der Waals surface area contributed by atoms with Gasteiger partial charge in [-0.3, -0.25) is 9.59 Å². The maximum absolute atomic E-state index is 13.1. The molecule has 174 valence electrons. The van der Waals surface area contributed by atoms with Gasteiger partial charge in [0.15, 0.2) is 16.1 Å². The number of hydrogen-bond acceptors (Lipinski definition) is 7. The lowest BCUT2D eigenvalue weighted by Gasteiger charge is -2.24. The summed E-state index contributed by atoms with van der Waals surface area (Å²) in [4.78, 5) is 31.8. The average Bonchev–Trinajstić information content (AvgIpc) is 3.55. The number of carbonyl (C=O) groups is 2. The summed E-state index contributed by atoms with van der Waals surface area (Å²) in [5.74, 6) is 0.689. The van der Waals surface area contributed by atoms with Crippen LogP contribution in [-0.4, -0.2) is 48.8 Å². The summed E-state index contributed by atoms with van der Waals surface area (Å²) in [6, 6.07) is 14.5. The number of anilines is 1. The van der Waals surface area contributed by atoms with Crippen LogP contribution in [-0.2, 0) is 11.8 Å². The van der Waals surface area contributed by atoms with Gasteiger partial charge in [-0.05, 0) is 49.2 Å². The number of likely N-dealkylation sites (tertiary alicyclic amines) is 1. The van der Waals surface area contributed by atoms with Crippen LogP contribution in [0.3, 0.4) is 0 Å². The lowest BCUT2D eigenvalue weighted by molar-refractivity contribution is -0.113. The SMILES string of the molecule is Cn1c(SCC(=O)Nc2nc3ccccc3s2)nnc1C1CCCN1C(=O)c1ccc(Cl)cc1. The maximum Gasteiger partial charge on any atom is 0.254 e. The molecule has 0 saturated carbocycles. The van der Waals surface area contributed by atoms with Crippen molar-refractivity contribution < 1.29 is 9.59 Å². The predicted molar refractivity (Wildman–Crippen MR) is 134 cm³/mol. The minimum Gasteiger partial charge on any atom is -0.328 e. The van der Waals surface area contributed by atoms with E-state index in [-0.39, 0.29) is 23.6 Å². The van der Waals surface area contributed by atoms with Gasteiger partial charge in [-0.1, -0.05) is 46.8 Å². The van der Waals surface area contributed by atoms with Crippen molar-refractivity contribution in [2.45, 2.75) is 24.0 Å². The van der Waals surface area contributed by atoms with Crippen LogP contribution in [0.2, 0.25) is 5.02 Å². The molecule has 5 rings (SSSR count). The van der Waals surface area contributed by atoms with E-state index in [1.807, 2.05) is 40.8 Å². The van der Waals surface area contributed by atoms with Gasteiger partial charge in [0.1, 0.15) is 0 Å². The van der Waals surface area contributed by atoms with Crippen molar-refractivity contribution in [2.75, 3.05) is 17.6 Å². The first-order chi connectivity index (χ1) is 16.5. The zero-order valence-electron chi connectivity index (χ0n) is 18.3. The number of carbonyl (C=O) groups excluding carboxylic acids is 2. The van der Waals surface area contributed by atoms with E-state index in [9.17, 15) is 9.59 Å². The Hall–Kier alpha value is -2.95. The minimum atomic E-state index is -0.161. The van der Waals surface area contributed by atoms with E-state index in [0.29, 0.717) is 33.2 Å². The Labute approximate surface area is 209 Å². The third-order valence-corrected chi connectivity index (χ3v) is 7.87. The van der Waals surface area contributed by atoms with Crippen LogP contribution in [0.4, 0.5) is 5.13 Å². The summed E-state index contributed by atoms with van der Waals surface area (Å²) in [5, 5.41) is 13.3. The number of benzene rings is 2. The average molecular weight is 513 g/mol. The first-order valence-corrected chi connectivity index (χ1v) is 12.9. The van der Waals surface area contributed by atoms with Crippen LogP contribution >= 0.6 is 34.7 Å². The second-order valence-electron chi connectivity index (χ2n) is 7.89. The lowest BCUT2D eigenvalue weighted by Crippen LogP contribution is -2.31. The fourth-order valence-corrected chi connectivity index (χ4v) is 5.72. The van der Waals surface area contributed by atoms with Gasteiger partial charge in [-0.15, -0.1) is 10.2 Å². The van der Waals surface area contributed by atoms with E-state index in [4.69, 9.17) is 11.6 Å². The molecule has 1 aliphatic rings. The molecule has 1 fully saturated rings. The standard InChI is InChI=1S/C23H21ClN6O2S2/c1-29-20(17-6-4-12-30(17)21(32)14-8-10-15(24)11-9-14)27-28-23(29)33-13-19(31)26-22-25-16-5-2-3-7-18(16)34-22/h2-3,5,7-11,17H,4,6,12-13H2,1H3,(H,25,26,31). The van der Waals surface area contributed by atoms with Crippen LogP contribution in [0.1, 0.15) is 35.1 Å². The van der Waals surface area contributed by atoms with E-state index in [0.717, 1.165) is 23.1 Å². The number of rotatable bonds is 6. The highest BCUT2D eigenvalue weighted by atomic mass is 35.5. The number of amides is 2.